The van der Waals surface area contributed by atoms with Crippen molar-refractivity contribution in [3.05, 3.63) is 94.7 Å². The van der Waals surface area contributed by atoms with Crippen LogP contribution in [0, 0.1) is 6.92 Å². The minimum Gasteiger partial charge on any atom is -0.451 e. The number of fused-ring (bicyclic) bond motifs is 1. The van der Waals surface area contributed by atoms with Gasteiger partial charge in [0.15, 0.2) is 11.3 Å². The number of hydrogen-bond acceptors (Lipinski definition) is 4. The molecule has 0 atom stereocenters. The molecule has 5 rings (SSSR count). The fraction of sp³-hybridized carbons (Fsp3) is 0.143. The van der Waals surface area contributed by atoms with Crippen molar-refractivity contribution in [2.75, 3.05) is 5.32 Å². The highest BCUT2D eigenvalue weighted by molar-refractivity contribution is 6.30. The lowest BCUT2D eigenvalue weighted by atomic mass is 10.0. The van der Waals surface area contributed by atoms with Gasteiger partial charge in [0.25, 0.3) is 5.91 Å². The highest BCUT2D eigenvalue weighted by Gasteiger charge is 2.16. The summed E-state index contributed by atoms with van der Waals surface area (Å²) in [4.78, 5) is 17.6. The van der Waals surface area contributed by atoms with Crippen molar-refractivity contribution in [2.45, 2.75) is 26.7 Å². The first-order valence-electron chi connectivity index (χ1n) is 11.1. The average Bonchev–Trinajstić information content (AvgIpc) is 3.48. The number of nitrogens with zero attached hydrogens (tertiary/aromatic N) is 1. The summed E-state index contributed by atoms with van der Waals surface area (Å²) >= 11 is 5.95. The number of nitrogens with one attached hydrogen (secondary N) is 1. The Labute approximate surface area is 202 Å². The van der Waals surface area contributed by atoms with E-state index in [4.69, 9.17) is 20.4 Å². The number of halogens is 1. The van der Waals surface area contributed by atoms with Crippen molar-refractivity contribution < 1.29 is 13.6 Å². The third-order valence-corrected chi connectivity index (χ3v) is 6.02. The van der Waals surface area contributed by atoms with Crippen LogP contribution < -0.4 is 5.32 Å². The minimum absolute atomic E-state index is 0.220. The van der Waals surface area contributed by atoms with E-state index in [0.717, 1.165) is 27.8 Å². The van der Waals surface area contributed by atoms with Crippen LogP contribution in [0.4, 0.5) is 5.69 Å². The summed E-state index contributed by atoms with van der Waals surface area (Å²) in [7, 11) is 0. The van der Waals surface area contributed by atoms with Crippen LogP contribution in [0.5, 0.6) is 0 Å². The summed E-state index contributed by atoms with van der Waals surface area (Å²) in [6.07, 6.45) is 0. The zero-order valence-electron chi connectivity index (χ0n) is 19.1. The molecule has 0 saturated carbocycles. The summed E-state index contributed by atoms with van der Waals surface area (Å²) in [6, 6.07) is 22.5. The zero-order chi connectivity index (χ0) is 23.8. The van der Waals surface area contributed by atoms with Crippen LogP contribution in [0.3, 0.4) is 0 Å². The van der Waals surface area contributed by atoms with Gasteiger partial charge in [0.1, 0.15) is 11.3 Å². The van der Waals surface area contributed by atoms with Gasteiger partial charge in [-0.3, -0.25) is 4.79 Å². The second-order valence-corrected chi connectivity index (χ2v) is 8.99. The number of anilines is 1. The maximum atomic E-state index is 12.9. The van der Waals surface area contributed by atoms with Crippen LogP contribution >= 0.6 is 11.6 Å². The van der Waals surface area contributed by atoms with Gasteiger partial charge in [-0.05, 0) is 84.6 Å². The van der Waals surface area contributed by atoms with Crippen molar-refractivity contribution in [2.24, 2.45) is 0 Å². The fourth-order valence-corrected chi connectivity index (χ4v) is 3.86. The molecule has 1 amide bonds. The average molecular weight is 471 g/mol. The Morgan fingerprint density at radius 3 is 2.44 bits per heavy atom. The number of hydrogen-bond donors (Lipinski definition) is 1. The minimum atomic E-state index is -0.334. The number of carbonyl (C=O) groups excluding carboxylic acids is 1. The van der Waals surface area contributed by atoms with Gasteiger partial charge in [0.2, 0.25) is 5.89 Å². The third kappa shape index (κ3) is 4.35. The number of carbonyl (C=O) groups is 1. The van der Waals surface area contributed by atoms with E-state index < -0.39 is 0 Å². The topological polar surface area (TPSA) is 68.3 Å². The standard InChI is InChI=1S/C28H23ClN2O3/c1-16(2)19-8-11-25-23(14-19)31-28(34-25)20-5-4-17(3)22(15-20)30-27(32)26-13-12-24(33-26)18-6-9-21(29)10-7-18/h4-16H,1-3H3,(H,30,32). The van der Waals surface area contributed by atoms with Crippen LogP contribution in [0.1, 0.15) is 41.4 Å². The molecular weight excluding hydrogens is 448 g/mol. The van der Waals surface area contributed by atoms with Crippen molar-refractivity contribution >= 4 is 34.3 Å². The lowest BCUT2D eigenvalue weighted by Gasteiger charge is -2.08. The number of aromatic nitrogens is 1. The molecule has 0 aliphatic rings. The van der Waals surface area contributed by atoms with Crippen LogP contribution in [-0.4, -0.2) is 10.9 Å². The molecule has 0 aliphatic heterocycles. The first-order valence-corrected chi connectivity index (χ1v) is 11.4. The molecular formula is C28H23ClN2O3. The fourth-order valence-electron chi connectivity index (χ4n) is 3.73. The first-order chi connectivity index (χ1) is 16.4. The van der Waals surface area contributed by atoms with Gasteiger partial charge in [-0.15, -0.1) is 0 Å². The Kier molecular flexibility index (Phi) is 5.72. The molecule has 3 aromatic carbocycles. The molecule has 5 aromatic rings. The predicted molar refractivity (Wildman–Crippen MR) is 135 cm³/mol. The van der Waals surface area contributed by atoms with Gasteiger partial charge >= 0.3 is 0 Å². The molecule has 1 N–H and O–H groups in total. The lowest BCUT2D eigenvalue weighted by molar-refractivity contribution is 0.0997. The second kappa shape index (κ2) is 8.84. The number of furan rings is 1. The molecule has 0 spiro atoms. The molecule has 0 aliphatic carbocycles. The van der Waals surface area contributed by atoms with E-state index in [-0.39, 0.29) is 11.7 Å². The molecule has 0 radical (unpaired) electrons. The van der Waals surface area contributed by atoms with Gasteiger partial charge < -0.3 is 14.2 Å². The highest BCUT2D eigenvalue weighted by atomic mass is 35.5. The number of benzene rings is 3. The predicted octanol–water partition coefficient (Wildman–Crippen LogP) is 8.09. The van der Waals surface area contributed by atoms with E-state index >= 15 is 0 Å². The van der Waals surface area contributed by atoms with Crippen LogP contribution in [0.2, 0.25) is 5.02 Å². The largest absolute Gasteiger partial charge is 0.451 e. The Balaban J connectivity index is 1.39. The van der Waals surface area contributed by atoms with Crippen molar-refractivity contribution in [3.8, 4) is 22.8 Å². The molecule has 0 saturated heterocycles. The normalized spacial score (nSPS) is 11.3. The Morgan fingerprint density at radius 2 is 1.68 bits per heavy atom. The molecule has 2 heterocycles. The van der Waals surface area contributed by atoms with E-state index in [1.807, 2.05) is 43.3 Å². The van der Waals surface area contributed by atoms with Gasteiger partial charge in [-0.1, -0.05) is 37.6 Å². The maximum absolute atomic E-state index is 12.9. The molecule has 5 nitrogen and oxygen atoms in total. The van der Waals surface area contributed by atoms with Gasteiger partial charge in [-0.2, -0.15) is 0 Å². The van der Waals surface area contributed by atoms with Crippen molar-refractivity contribution in [1.29, 1.82) is 0 Å². The van der Waals surface area contributed by atoms with Gasteiger partial charge in [-0.25, -0.2) is 4.98 Å². The Bertz CT molecular complexity index is 1500. The van der Waals surface area contributed by atoms with Crippen LogP contribution in [0.25, 0.3) is 33.9 Å². The summed E-state index contributed by atoms with van der Waals surface area (Å²) < 4.78 is 11.8. The Hall–Kier alpha value is -3.83. The van der Waals surface area contributed by atoms with Crippen molar-refractivity contribution in [3.63, 3.8) is 0 Å². The quantitative estimate of drug-likeness (QED) is 0.282. The molecule has 170 valence electrons. The molecule has 2 aromatic heterocycles. The molecule has 0 fully saturated rings. The smallest absolute Gasteiger partial charge is 0.291 e. The van der Waals surface area contributed by atoms with Gasteiger partial charge in [0.05, 0.1) is 0 Å². The number of aryl methyl sites for hydroxylation is 1. The summed E-state index contributed by atoms with van der Waals surface area (Å²) in [5, 5.41) is 3.59. The van der Waals surface area contributed by atoms with E-state index in [2.05, 4.69) is 36.3 Å². The van der Waals surface area contributed by atoms with Crippen LogP contribution in [0.15, 0.2) is 81.6 Å². The van der Waals surface area contributed by atoms with E-state index in [1.54, 1.807) is 24.3 Å². The molecule has 6 heteroatoms. The van der Waals surface area contributed by atoms with E-state index in [0.29, 0.717) is 28.3 Å². The first kappa shape index (κ1) is 22.0. The summed E-state index contributed by atoms with van der Waals surface area (Å²) in [5.41, 5.74) is 5.97. The SMILES string of the molecule is Cc1ccc(-c2nc3cc(C(C)C)ccc3o2)cc1NC(=O)c1ccc(-c2ccc(Cl)cc2)o1. The Morgan fingerprint density at radius 1 is 0.912 bits per heavy atom. The third-order valence-electron chi connectivity index (χ3n) is 5.77. The summed E-state index contributed by atoms with van der Waals surface area (Å²) in [5.74, 6) is 1.40. The van der Waals surface area contributed by atoms with Gasteiger partial charge in [0, 0.05) is 21.8 Å². The van der Waals surface area contributed by atoms with E-state index in [9.17, 15) is 4.79 Å². The van der Waals surface area contributed by atoms with Crippen molar-refractivity contribution in [1.82, 2.24) is 4.98 Å². The zero-order valence-corrected chi connectivity index (χ0v) is 19.8. The molecule has 0 unspecified atom stereocenters. The lowest BCUT2D eigenvalue weighted by Crippen LogP contribution is -2.11. The number of rotatable bonds is 5. The summed E-state index contributed by atoms with van der Waals surface area (Å²) in [6.45, 7) is 6.23. The number of amides is 1. The number of oxazole rings is 1. The second-order valence-electron chi connectivity index (χ2n) is 8.56. The van der Waals surface area contributed by atoms with Crippen LogP contribution in [-0.2, 0) is 0 Å². The molecule has 34 heavy (non-hydrogen) atoms. The maximum Gasteiger partial charge on any atom is 0.291 e. The highest BCUT2D eigenvalue weighted by Crippen LogP contribution is 2.30. The monoisotopic (exact) mass is 470 g/mol. The van der Waals surface area contributed by atoms with E-state index in [1.165, 1.54) is 5.56 Å². The molecule has 0 bridgehead atoms.